The molecule has 106 valence electrons. The number of nitrogens with zero attached hydrogens (tertiary/aromatic N) is 1. The molecule has 1 aliphatic heterocycles. The van der Waals surface area contributed by atoms with E-state index in [9.17, 15) is 4.79 Å². The molecule has 3 rings (SSSR count). The molecule has 1 heterocycles. The molecule has 0 spiro atoms. The van der Waals surface area contributed by atoms with E-state index in [0.717, 1.165) is 16.8 Å². The van der Waals surface area contributed by atoms with Crippen molar-refractivity contribution >= 4 is 11.5 Å². The Labute approximate surface area is 124 Å². The number of hydrogen-bond acceptors (Lipinski definition) is 3. The maximum Gasteiger partial charge on any atom is 0.166 e. The largest absolute Gasteiger partial charge is 0.388 e. The minimum atomic E-state index is -0.557. The van der Waals surface area contributed by atoms with Crippen LogP contribution in [0, 0.1) is 0 Å². The van der Waals surface area contributed by atoms with Gasteiger partial charge in [0.25, 0.3) is 0 Å². The molecule has 2 aromatic carbocycles. The Morgan fingerprint density at radius 3 is 2.38 bits per heavy atom. The highest BCUT2D eigenvalue weighted by atomic mass is 16.7. The van der Waals surface area contributed by atoms with E-state index in [1.165, 1.54) is 0 Å². The molecule has 0 N–H and O–H groups in total. The van der Waals surface area contributed by atoms with Crippen molar-refractivity contribution < 1.29 is 9.63 Å². The number of benzene rings is 2. The Morgan fingerprint density at radius 2 is 1.71 bits per heavy atom. The van der Waals surface area contributed by atoms with Crippen LogP contribution in [0.25, 0.3) is 0 Å². The van der Waals surface area contributed by atoms with Crippen molar-refractivity contribution in [2.75, 3.05) is 0 Å². The van der Waals surface area contributed by atoms with Crippen LogP contribution in [-0.4, -0.2) is 17.1 Å². The van der Waals surface area contributed by atoms with Gasteiger partial charge in [-0.25, -0.2) is 0 Å². The lowest BCUT2D eigenvalue weighted by Gasteiger charge is -2.20. The van der Waals surface area contributed by atoms with Gasteiger partial charge in [0.1, 0.15) is 5.60 Å². The Balaban J connectivity index is 1.69. The topological polar surface area (TPSA) is 38.7 Å². The lowest BCUT2D eigenvalue weighted by Crippen LogP contribution is -2.28. The summed E-state index contributed by atoms with van der Waals surface area (Å²) in [4.78, 5) is 17.9. The van der Waals surface area contributed by atoms with Crippen molar-refractivity contribution in [3.63, 3.8) is 0 Å². The Kier molecular flexibility index (Phi) is 3.57. The number of oxime groups is 1. The zero-order chi connectivity index (χ0) is 14.7. The quantitative estimate of drug-likeness (QED) is 0.797. The summed E-state index contributed by atoms with van der Waals surface area (Å²) in [6.45, 7) is 1.94. The summed E-state index contributed by atoms with van der Waals surface area (Å²) in [6.07, 6.45) is 0.979. The first-order valence-electron chi connectivity index (χ1n) is 7.05. The summed E-state index contributed by atoms with van der Waals surface area (Å²) in [5, 5.41) is 4.17. The van der Waals surface area contributed by atoms with Gasteiger partial charge in [-0.1, -0.05) is 65.8 Å². The maximum atomic E-state index is 12.3. The first-order chi connectivity index (χ1) is 10.2. The van der Waals surface area contributed by atoms with Crippen molar-refractivity contribution in [1.29, 1.82) is 0 Å². The predicted molar refractivity (Wildman–Crippen MR) is 82.5 cm³/mol. The van der Waals surface area contributed by atoms with E-state index < -0.39 is 5.60 Å². The SMILES string of the molecule is CC1(CC(=O)c2ccccc2)CC(c2ccccc2)=NO1. The molecule has 0 saturated heterocycles. The molecular weight excluding hydrogens is 262 g/mol. The lowest BCUT2D eigenvalue weighted by molar-refractivity contribution is -0.00586. The van der Waals surface area contributed by atoms with Crippen LogP contribution >= 0.6 is 0 Å². The van der Waals surface area contributed by atoms with E-state index >= 15 is 0 Å². The van der Waals surface area contributed by atoms with Crippen LogP contribution in [-0.2, 0) is 4.84 Å². The number of Topliss-reactive ketones (excluding diaryl/α,β-unsaturated/α-hetero) is 1. The highest BCUT2D eigenvalue weighted by molar-refractivity contribution is 6.03. The highest BCUT2D eigenvalue weighted by Gasteiger charge is 2.37. The molecule has 21 heavy (non-hydrogen) atoms. The van der Waals surface area contributed by atoms with Gasteiger partial charge in [0, 0.05) is 12.0 Å². The fourth-order valence-electron chi connectivity index (χ4n) is 2.53. The number of ketones is 1. The standard InChI is InChI=1S/C18H17NO2/c1-18(13-17(20)15-10-6-3-7-11-15)12-16(19-21-18)14-8-4-2-5-9-14/h2-11H,12-13H2,1H3. The summed E-state index contributed by atoms with van der Waals surface area (Å²) in [5.74, 6) is 0.0858. The van der Waals surface area contributed by atoms with Crippen molar-refractivity contribution in [1.82, 2.24) is 0 Å². The van der Waals surface area contributed by atoms with E-state index in [4.69, 9.17) is 4.84 Å². The zero-order valence-electron chi connectivity index (χ0n) is 12.0. The average molecular weight is 279 g/mol. The molecule has 3 nitrogen and oxygen atoms in total. The smallest absolute Gasteiger partial charge is 0.166 e. The third-order valence-corrected chi connectivity index (χ3v) is 3.65. The monoisotopic (exact) mass is 279 g/mol. The second-order valence-electron chi connectivity index (χ2n) is 5.59. The molecule has 1 unspecified atom stereocenters. The molecule has 0 radical (unpaired) electrons. The summed E-state index contributed by atoms with van der Waals surface area (Å²) in [6, 6.07) is 19.2. The molecule has 1 atom stereocenters. The molecular formula is C18H17NO2. The number of hydrogen-bond donors (Lipinski definition) is 0. The summed E-state index contributed by atoms with van der Waals surface area (Å²) in [7, 11) is 0. The maximum absolute atomic E-state index is 12.3. The van der Waals surface area contributed by atoms with Gasteiger partial charge >= 0.3 is 0 Å². The van der Waals surface area contributed by atoms with Gasteiger partial charge in [0.05, 0.1) is 12.1 Å². The number of carbonyl (C=O) groups excluding carboxylic acids is 1. The molecule has 0 bridgehead atoms. The third-order valence-electron chi connectivity index (χ3n) is 3.65. The van der Waals surface area contributed by atoms with Crippen LogP contribution in [0.2, 0.25) is 0 Å². The van der Waals surface area contributed by atoms with Crippen LogP contribution in [0.1, 0.15) is 35.7 Å². The summed E-state index contributed by atoms with van der Waals surface area (Å²) in [5.41, 5.74) is 2.11. The third kappa shape index (κ3) is 3.02. The van der Waals surface area contributed by atoms with E-state index in [2.05, 4.69) is 5.16 Å². The van der Waals surface area contributed by atoms with Crippen LogP contribution in [0.4, 0.5) is 0 Å². The van der Waals surface area contributed by atoms with Gasteiger partial charge in [-0.05, 0) is 12.5 Å². The highest BCUT2D eigenvalue weighted by Crippen LogP contribution is 2.30. The molecule has 2 aromatic rings. The second-order valence-corrected chi connectivity index (χ2v) is 5.59. The minimum Gasteiger partial charge on any atom is -0.388 e. The molecule has 0 aliphatic carbocycles. The molecule has 0 amide bonds. The van der Waals surface area contributed by atoms with Gasteiger partial charge in [-0.2, -0.15) is 0 Å². The van der Waals surface area contributed by atoms with Gasteiger partial charge in [-0.3, -0.25) is 4.79 Å². The Bertz CT molecular complexity index is 664. The van der Waals surface area contributed by atoms with Gasteiger partial charge in [0.15, 0.2) is 5.78 Å². The summed E-state index contributed by atoms with van der Waals surface area (Å²) < 4.78 is 0. The molecule has 3 heteroatoms. The van der Waals surface area contributed by atoms with Crippen molar-refractivity contribution in [3.05, 3.63) is 71.8 Å². The molecule has 0 saturated carbocycles. The lowest BCUT2D eigenvalue weighted by atomic mass is 9.89. The fourth-order valence-corrected chi connectivity index (χ4v) is 2.53. The van der Waals surface area contributed by atoms with Crippen molar-refractivity contribution in [2.45, 2.75) is 25.4 Å². The van der Waals surface area contributed by atoms with E-state index in [1.807, 2.05) is 67.6 Å². The van der Waals surface area contributed by atoms with Crippen molar-refractivity contribution in [2.24, 2.45) is 5.16 Å². The normalized spacial score (nSPS) is 20.7. The fraction of sp³-hybridized carbons (Fsp3) is 0.222. The predicted octanol–water partition coefficient (Wildman–Crippen LogP) is 3.84. The Hall–Kier alpha value is -2.42. The van der Waals surface area contributed by atoms with Crippen molar-refractivity contribution in [3.8, 4) is 0 Å². The number of rotatable bonds is 4. The Morgan fingerprint density at radius 1 is 1.10 bits per heavy atom. The van der Waals surface area contributed by atoms with Gasteiger partial charge in [-0.15, -0.1) is 0 Å². The van der Waals surface area contributed by atoms with Gasteiger partial charge < -0.3 is 4.84 Å². The first-order valence-corrected chi connectivity index (χ1v) is 7.05. The van der Waals surface area contributed by atoms with Crippen LogP contribution < -0.4 is 0 Å². The number of carbonyl (C=O) groups is 1. The molecule has 0 fully saturated rings. The van der Waals surface area contributed by atoms with E-state index in [0.29, 0.717) is 12.8 Å². The van der Waals surface area contributed by atoms with Crippen LogP contribution in [0.5, 0.6) is 0 Å². The summed E-state index contributed by atoms with van der Waals surface area (Å²) >= 11 is 0. The van der Waals surface area contributed by atoms with Crippen LogP contribution in [0.3, 0.4) is 0 Å². The minimum absolute atomic E-state index is 0.0858. The average Bonchev–Trinajstić information content (AvgIpc) is 2.91. The van der Waals surface area contributed by atoms with Crippen LogP contribution in [0.15, 0.2) is 65.8 Å². The molecule has 1 aliphatic rings. The van der Waals surface area contributed by atoms with Gasteiger partial charge in [0.2, 0.25) is 0 Å². The second kappa shape index (κ2) is 5.52. The zero-order valence-corrected chi connectivity index (χ0v) is 12.0. The molecule has 0 aromatic heterocycles. The van der Waals surface area contributed by atoms with E-state index in [1.54, 1.807) is 0 Å². The first kappa shape index (κ1) is 13.6. The van der Waals surface area contributed by atoms with E-state index in [-0.39, 0.29) is 5.78 Å².